The Morgan fingerprint density at radius 3 is 2.81 bits per heavy atom. The molecule has 3 aromatic rings. The molecule has 9 heteroatoms. The normalized spacial score (nSPS) is 32.2. The van der Waals surface area contributed by atoms with Gasteiger partial charge in [-0.15, -0.1) is 0 Å². The molecular weight excluding hydrogens is 459 g/mol. The van der Waals surface area contributed by atoms with Crippen molar-refractivity contribution in [1.29, 1.82) is 0 Å². The summed E-state index contributed by atoms with van der Waals surface area (Å²) in [5, 5.41) is 22.0. The first-order chi connectivity index (χ1) is 17.4. The van der Waals surface area contributed by atoms with Crippen LogP contribution in [0.3, 0.4) is 0 Å². The number of anilines is 1. The van der Waals surface area contributed by atoms with Crippen LogP contribution >= 0.6 is 0 Å². The zero-order valence-corrected chi connectivity index (χ0v) is 20.3. The second kappa shape index (κ2) is 7.90. The Balaban J connectivity index is 1.09. The lowest BCUT2D eigenvalue weighted by Crippen LogP contribution is -2.62. The first kappa shape index (κ1) is 22.0. The molecular formula is C27H31FN6O2. The van der Waals surface area contributed by atoms with Gasteiger partial charge in [-0.2, -0.15) is 5.10 Å². The van der Waals surface area contributed by atoms with Crippen molar-refractivity contribution in [2.45, 2.75) is 56.7 Å². The quantitative estimate of drug-likeness (QED) is 0.502. The molecule has 4 fully saturated rings. The number of benzene rings is 1. The van der Waals surface area contributed by atoms with E-state index in [4.69, 9.17) is 0 Å². The number of amides is 2. The summed E-state index contributed by atoms with van der Waals surface area (Å²) in [6.07, 6.45) is 11.9. The molecule has 2 aromatic heterocycles. The molecule has 4 bridgehead atoms. The Kier molecular flexibility index (Phi) is 4.83. The number of fused-ring (bicyclic) bond motifs is 3. The monoisotopic (exact) mass is 490 g/mol. The Labute approximate surface area is 208 Å². The largest absolute Gasteiger partial charge is 0.392 e. The minimum atomic E-state index is -0.540. The molecule has 188 valence electrons. The summed E-state index contributed by atoms with van der Waals surface area (Å²) in [5.41, 5.74) is 2.96. The third kappa shape index (κ3) is 3.32. The topological polar surface area (TPSA) is 97.0 Å². The highest BCUT2D eigenvalue weighted by Crippen LogP contribution is 2.62. The predicted molar refractivity (Wildman–Crippen MR) is 132 cm³/mol. The molecule has 4 saturated carbocycles. The zero-order chi connectivity index (χ0) is 24.6. The van der Waals surface area contributed by atoms with Crippen LogP contribution in [0, 0.1) is 29.0 Å². The van der Waals surface area contributed by atoms with E-state index in [0.717, 1.165) is 43.4 Å². The lowest BCUT2D eigenvalue weighted by molar-refractivity contribution is -0.135. The van der Waals surface area contributed by atoms with Crippen LogP contribution in [-0.4, -0.2) is 42.6 Å². The maximum Gasteiger partial charge on any atom is 0.319 e. The summed E-state index contributed by atoms with van der Waals surface area (Å²) in [6.45, 7) is 0. The van der Waals surface area contributed by atoms with Gasteiger partial charge in [-0.25, -0.2) is 14.2 Å². The first-order valence-corrected chi connectivity index (χ1v) is 12.9. The fourth-order valence-electron chi connectivity index (χ4n) is 8.23. The van der Waals surface area contributed by atoms with Crippen molar-refractivity contribution in [2.75, 3.05) is 5.32 Å². The molecule has 3 heterocycles. The molecule has 0 radical (unpaired) electrons. The van der Waals surface area contributed by atoms with E-state index in [0.29, 0.717) is 35.4 Å². The smallest absolute Gasteiger partial charge is 0.319 e. The van der Waals surface area contributed by atoms with Crippen molar-refractivity contribution in [3.8, 4) is 11.3 Å². The van der Waals surface area contributed by atoms with Crippen LogP contribution in [0.1, 0.15) is 50.1 Å². The van der Waals surface area contributed by atoms with Crippen molar-refractivity contribution in [2.24, 2.45) is 30.2 Å². The standard InChI is InChI=1S/C27H31FN6O2/c1-33-13-18(11-30-33)31-26(36)32-25-16-5-15-6-17(25)10-27(8-15,9-16)23(35)7-21-24-19(3-2-4-20(24)28)22-12-29-14-34(21)22/h2-4,11-17,21,23,25,35H,5-10H2,1H3,(H2,31,32,36). The number of nitrogens with zero attached hydrogens (tertiary/aromatic N) is 4. The predicted octanol–water partition coefficient (Wildman–Crippen LogP) is 4.09. The minimum absolute atomic E-state index is 0.114. The number of hydrogen-bond acceptors (Lipinski definition) is 4. The van der Waals surface area contributed by atoms with Gasteiger partial charge in [0.05, 0.1) is 42.2 Å². The minimum Gasteiger partial charge on any atom is -0.392 e. The van der Waals surface area contributed by atoms with Gasteiger partial charge in [0.15, 0.2) is 0 Å². The van der Waals surface area contributed by atoms with Crippen molar-refractivity contribution < 1.29 is 14.3 Å². The summed E-state index contributed by atoms with van der Waals surface area (Å²) < 4.78 is 18.6. The molecule has 8 rings (SSSR count). The van der Waals surface area contributed by atoms with Crippen LogP contribution in [0.15, 0.2) is 43.1 Å². The summed E-state index contributed by atoms with van der Waals surface area (Å²) >= 11 is 0. The molecule has 2 amide bonds. The van der Waals surface area contributed by atoms with Crippen LogP contribution in [0.25, 0.3) is 11.3 Å². The number of aromatic nitrogens is 4. The molecule has 0 spiro atoms. The summed E-state index contributed by atoms with van der Waals surface area (Å²) in [7, 11) is 1.82. The van der Waals surface area contributed by atoms with Gasteiger partial charge in [0.25, 0.3) is 0 Å². The van der Waals surface area contributed by atoms with Gasteiger partial charge in [-0.1, -0.05) is 12.1 Å². The molecule has 4 atom stereocenters. The first-order valence-electron chi connectivity index (χ1n) is 12.9. The second-order valence-electron chi connectivity index (χ2n) is 11.5. The van der Waals surface area contributed by atoms with Crippen molar-refractivity contribution in [3.63, 3.8) is 0 Å². The van der Waals surface area contributed by atoms with Gasteiger partial charge >= 0.3 is 6.03 Å². The molecule has 8 nitrogen and oxygen atoms in total. The number of carbonyl (C=O) groups excluding carboxylic acids is 1. The van der Waals surface area contributed by atoms with E-state index in [1.807, 2.05) is 17.7 Å². The van der Waals surface area contributed by atoms with Crippen LogP contribution in [0.5, 0.6) is 0 Å². The van der Waals surface area contributed by atoms with E-state index in [1.54, 1.807) is 35.7 Å². The highest BCUT2D eigenvalue weighted by atomic mass is 19.1. The summed E-state index contributed by atoms with van der Waals surface area (Å²) in [4.78, 5) is 17.0. The third-order valence-electron chi connectivity index (χ3n) is 9.40. The maximum atomic E-state index is 15.0. The number of aliphatic hydroxyl groups is 1. The average molecular weight is 491 g/mol. The number of carbonyl (C=O) groups is 1. The SMILES string of the molecule is Cn1cc(NC(=O)NC2C3CC4CC2CC(C(O)CC2c5c(F)cccc5-c5cncn52)(C4)C3)cn1. The van der Waals surface area contributed by atoms with Crippen LogP contribution < -0.4 is 10.6 Å². The summed E-state index contributed by atoms with van der Waals surface area (Å²) in [6, 6.07) is 4.86. The van der Waals surface area contributed by atoms with Crippen molar-refractivity contribution in [1.82, 2.24) is 24.6 Å². The fraction of sp³-hybridized carbons (Fsp3) is 0.519. The van der Waals surface area contributed by atoms with Crippen molar-refractivity contribution >= 4 is 11.7 Å². The van der Waals surface area contributed by atoms with E-state index in [-0.39, 0.29) is 29.3 Å². The molecule has 4 unspecified atom stereocenters. The van der Waals surface area contributed by atoms with Crippen molar-refractivity contribution in [3.05, 3.63) is 54.5 Å². The van der Waals surface area contributed by atoms with E-state index < -0.39 is 6.10 Å². The van der Waals surface area contributed by atoms with Gasteiger partial charge in [0.2, 0.25) is 0 Å². The number of halogens is 1. The molecule has 36 heavy (non-hydrogen) atoms. The lowest BCUT2D eigenvalue weighted by atomic mass is 9.46. The number of nitrogens with one attached hydrogen (secondary N) is 2. The highest BCUT2D eigenvalue weighted by molar-refractivity contribution is 5.89. The number of imidazole rings is 1. The van der Waals surface area contributed by atoms with Gasteiger partial charge in [0, 0.05) is 30.4 Å². The zero-order valence-electron chi connectivity index (χ0n) is 20.3. The van der Waals surface area contributed by atoms with E-state index in [9.17, 15) is 14.3 Å². The molecule has 5 aliphatic rings. The van der Waals surface area contributed by atoms with E-state index >= 15 is 0 Å². The van der Waals surface area contributed by atoms with Gasteiger partial charge in [0.1, 0.15) is 5.82 Å². The van der Waals surface area contributed by atoms with Crippen LogP contribution in [-0.2, 0) is 7.05 Å². The number of hydrogen-bond donors (Lipinski definition) is 3. The molecule has 1 aliphatic heterocycles. The third-order valence-corrected chi connectivity index (χ3v) is 9.40. The second-order valence-corrected chi connectivity index (χ2v) is 11.5. The Hall–Kier alpha value is -3.20. The number of aliphatic hydroxyl groups excluding tert-OH is 1. The van der Waals surface area contributed by atoms with Crippen LogP contribution in [0.2, 0.25) is 0 Å². The number of rotatable bonds is 5. The lowest BCUT2D eigenvalue weighted by Gasteiger charge is -2.61. The maximum absolute atomic E-state index is 15.0. The average Bonchev–Trinajstić information content (AvgIpc) is 3.54. The summed E-state index contributed by atoms with van der Waals surface area (Å²) in [5.74, 6) is 1.06. The Morgan fingerprint density at radius 2 is 2.06 bits per heavy atom. The number of aryl methyl sites for hydroxylation is 1. The van der Waals surface area contributed by atoms with Gasteiger partial charge < -0.3 is 20.3 Å². The van der Waals surface area contributed by atoms with E-state index in [2.05, 4.69) is 20.7 Å². The van der Waals surface area contributed by atoms with Gasteiger partial charge in [-0.05, 0) is 67.8 Å². The molecule has 3 N–H and O–H groups in total. The Bertz CT molecular complexity index is 1320. The Morgan fingerprint density at radius 1 is 1.25 bits per heavy atom. The highest BCUT2D eigenvalue weighted by Gasteiger charge is 2.58. The van der Waals surface area contributed by atoms with Crippen LogP contribution in [0.4, 0.5) is 14.9 Å². The molecule has 4 aliphatic carbocycles. The number of urea groups is 1. The fourth-order valence-corrected chi connectivity index (χ4v) is 8.23. The molecule has 0 saturated heterocycles. The van der Waals surface area contributed by atoms with Gasteiger partial charge in [-0.3, -0.25) is 4.68 Å². The molecule has 1 aromatic carbocycles. The van der Waals surface area contributed by atoms with E-state index in [1.165, 1.54) is 6.07 Å².